The minimum absolute atomic E-state index is 0.103. The predicted octanol–water partition coefficient (Wildman–Crippen LogP) is 3.89. The first-order valence-corrected chi connectivity index (χ1v) is 9.96. The molecular formula is C21H22ClN5O2. The van der Waals surface area contributed by atoms with Crippen LogP contribution in [-0.4, -0.2) is 53.5 Å². The monoisotopic (exact) mass is 411 g/mol. The lowest BCUT2D eigenvalue weighted by Crippen LogP contribution is -2.46. The number of aromatic amines is 1. The van der Waals surface area contributed by atoms with E-state index in [4.69, 9.17) is 11.6 Å². The number of hydrogen-bond acceptors (Lipinski definition) is 3. The fourth-order valence-electron chi connectivity index (χ4n) is 3.49. The van der Waals surface area contributed by atoms with Gasteiger partial charge in [0.15, 0.2) is 0 Å². The second-order valence-corrected chi connectivity index (χ2v) is 7.40. The summed E-state index contributed by atoms with van der Waals surface area (Å²) in [6, 6.07) is 7.53. The zero-order chi connectivity index (χ0) is 20.5. The maximum absolute atomic E-state index is 12.7. The fourth-order valence-corrected chi connectivity index (χ4v) is 3.84. The van der Waals surface area contributed by atoms with Crippen LogP contribution < -0.4 is 10.2 Å². The Labute approximate surface area is 173 Å². The van der Waals surface area contributed by atoms with Crippen molar-refractivity contribution in [1.29, 1.82) is 0 Å². The Morgan fingerprint density at radius 3 is 2.97 bits per heavy atom. The molecule has 8 heteroatoms. The smallest absolute Gasteiger partial charge is 0.321 e. The number of rotatable bonds is 4. The van der Waals surface area contributed by atoms with Crippen LogP contribution in [0.3, 0.4) is 0 Å². The molecule has 1 aliphatic rings. The van der Waals surface area contributed by atoms with E-state index >= 15 is 0 Å². The zero-order valence-electron chi connectivity index (χ0n) is 16.3. The van der Waals surface area contributed by atoms with Gasteiger partial charge in [-0.1, -0.05) is 23.7 Å². The van der Waals surface area contributed by atoms with Crippen molar-refractivity contribution < 1.29 is 9.59 Å². The standard InChI is InChI=1S/C21H22ClN5O2/c1-3-26(2)20(28)16-12-25-19-17(16)18(22)15(11-24-19)13-6-4-7-14(10-13)27-9-5-8-23-21(27)29/h4,6-7,10-12H,3,5,8-9H2,1-2H3,(H,23,29)(H,24,25). The lowest BCUT2D eigenvalue weighted by Gasteiger charge is -2.27. The highest BCUT2D eigenvalue weighted by Crippen LogP contribution is 2.36. The van der Waals surface area contributed by atoms with Crippen LogP contribution in [0.4, 0.5) is 10.5 Å². The number of carbonyl (C=O) groups is 2. The lowest BCUT2D eigenvalue weighted by atomic mass is 10.0. The van der Waals surface area contributed by atoms with Gasteiger partial charge in [0, 0.05) is 50.3 Å². The van der Waals surface area contributed by atoms with Crippen LogP contribution in [0.2, 0.25) is 5.02 Å². The zero-order valence-corrected chi connectivity index (χ0v) is 17.1. The van der Waals surface area contributed by atoms with Gasteiger partial charge < -0.3 is 15.2 Å². The van der Waals surface area contributed by atoms with Crippen molar-refractivity contribution in [1.82, 2.24) is 20.2 Å². The van der Waals surface area contributed by atoms with E-state index in [1.165, 1.54) is 0 Å². The van der Waals surface area contributed by atoms with E-state index in [1.807, 2.05) is 31.2 Å². The van der Waals surface area contributed by atoms with Crippen LogP contribution in [0.15, 0.2) is 36.7 Å². The van der Waals surface area contributed by atoms with Crippen molar-refractivity contribution in [2.45, 2.75) is 13.3 Å². The number of anilines is 1. The molecule has 0 aliphatic carbocycles. The molecule has 1 saturated heterocycles. The number of fused-ring (bicyclic) bond motifs is 1. The second-order valence-electron chi connectivity index (χ2n) is 7.02. The number of nitrogens with one attached hydrogen (secondary N) is 2. The van der Waals surface area contributed by atoms with Crippen molar-refractivity contribution >= 4 is 40.3 Å². The van der Waals surface area contributed by atoms with Crippen molar-refractivity contribution in [3.8, 4) is 11.1 Å². The molecule has 3 heterocycles. The number of nitrogens with zero attached hydrogens (tertiary/aromatic N) is 3. The molecule has 7 nitrogen and oxygen atoms in total. The van der Waals surface area contributed by atoms with Gasteiger partial charge in [0.25, 0.3) is 5.91 Å². The van der Waals surface area contributed by atoms with Crippen LogP contribution in [0, 0.1) is 0 Å². The number of benzene rings is 1. The molecule has 1 fully saturated rings. The number of amides is 3. The van der Waals surface area contributed by atoms with Crippen molar-refractivity contribution in [2.24, 2.45) is 0 Å². The van der Waals surface area contributed by atoms with Crippen LogP contribution in [0.5, 0.6) is 0 Å². The number of aromatic nitrogens is 2. The third-order valence-electron chi connectivity index (χ3n) is 5.24. The normalized spacial score (nSPS) is 14.2. The molecule has 3 amide bonds. The molecule has 0 radical (unpaired) electrons. The maximum atomic E-state index is 12.7. The van der Waals surface area contributed by atoms with E-state index < -0.39 is 0 Å². The van der Waals surface area contributed by atoms with E-state index in [0.717, 1.165) is 17.7 Å². The quantitative estimate of drug-likeness (QED) is 0.683. The first-order chi connectivity index (χ1) is 14.0. The van der Waals surface area contributed by atoms with Crippen LogP contribution >= 0.6 is 11.6 Å². The van der Waals surface area contributed by atoms with E-state index in [1.54, 1.807) is 29.2 Å². The number of urea groups is 1. The second kappa shape index (κ2) is 7.75. The van der Waals surface area contributed by atoms with E-state index in [-0.39, 0.29) is 11.9 Å². The van der Waals surface area contributed by atoms with Crippen molar-refractivity contribution in [3.05, 3.63) is 47.2 Å². The third-order valence-corrected chi connectivity index (χ3v) is 5.63. The highest BCUT2D eigenvalue weighted by atomic mass is 35.5. The van der Waals surface area contributed by atoms with Gasteiger partial charge in [0.1, 0.15) is 5.65 Å². The highest BCUT2D eigenvalue weighted by Gasteiger charge is 2.22. The summed E-state index contributed by atoms with van der Waals surface area (Å²) in [5, 5.41) is 3.93. The molecule has 3 aromatic rings. The Balaban J connectivity index is 1.79. The molecule has 0 atom stereocenters. The first-order valence-electron chi connectivity index (χ1n) is 9.58. The van der Waals surface area contributed by atoms with Crippen LogP contribution in [0.1, 0.15) is 23.7 Å². The summed E-state index contributed by atoms with van der Waals surface area (Å²) >= 11 is 6.76. The van der Waals surface area contributed by atoms with E-state index in [9.17, 15) is 9.59 Å². The number of halogens is 1. The Morgan fingerprint density at radius 2 is 2.21 bits per heavy atom. The topological polar surface area (TPSA) is 81.3 Å². The van der Waals surface area contributed by atoms with E-state index in [0.29, 0.717) is 46.8 Å². The summed E-state index contributed by atoms with van der Waals surface area (Å²) in [4.78, 5) is 35.7. The number of H-pyrrole nitrogens is 1. The van der Waals surface area contributed by atoms with Gasteiger partial charge in [-0.25, -0.2) is 9.78 Å². The molecule has 0 unspecified atom stereocenters. The van der Waals surface area contributed by atoms with Crippen LogP contribution in [-0.2, 0) is 0 Å². The van der Waals surface area contributed by atoms with Gasteiger partial charge in [0.2, 0.25) is 0 Å². The Morgan fingerprint density at radius 1 is 1.38 bits per heavy atom. The summed E-state index contributed by atoms with van der Waals surface area (Å²) in [5.74, 6) is -0.113. The highest BCUT2D eigenvalue weighted by molar-refractivity contribution is 6.39. The molecule has 29 heavy (non-hydrogen) atoms. The minimum Gasteiger partial charge on any atom is -0.345 e. The molecule has 0 spiro atoms. The number of pyridine rings is 1. The Hall–Kier alpha value is -3.06. The van der Waals surface area contributed by atoms with Gasteiger partial charge in [-0.05, 0) is 31.0 Å². The first kappa shape index (κ1) is 19.3. The third kappa shape index (κ3) is 3.42. The van der Waals surface area contributed by atoms with Gasteiger partial charge in [0.05, 0.1) is 16.0 Å². The minimum atomic E-state index is -0.113. The molecule has 150 valence electrons. The van der Waals surface area contributed by atoms with Gasteiger partial charge in [-0.2, -0.15) is 0 Å². The number of carbonyl (C=O) groups excluding carboxylic acids is 2. The maximum Gasteiger partial charge on any atom is 0.321 e. The van der Waals surface area contributed by atoms with Gasteiger partial charge in [-0.15, -0.1) is 0 Å². The molecular weight excluding hydrogens is 390 g/mol. The molecule has 1 aliphatic heterocycles. The Kier molecular flexibility index (Phi) is 5.15. The van der Waals surface area contributed by atoms with Gasteiger partial charge >= 0.3 is 6.03 Å². The average Bonchev–Trinajstić information content (AvgIpc) is 3.18. The molecule has 4 rings (SSSR count). The molecule has 2 aromatic heterocycles. The van der Waals surface area contributed by atoms with Gasteiger partial charge in [-0.3, -0.25) is 9.69 Å². The molecule has 0 saturated carbocycles. The number of hydrogen-bond donors (Lipinski definition) is 2. The van der Waals surface area contributed by atoms with Crippen molar-refractivity contribution in [2.75, 3.05) is 31.6 Å². The predicted molar refractivity (Wildman–Crippen MR) is 115 cm³/mol. The largest absolute Gasteiger partial charge is 0.345 e. The van der Waals surface area contributed by atoms with E-state index in [2.05, 4.69) is 15.3 Å². The molecule has 0 bridgehead atoms. The Bertz CT molecular complexity index is 1090. The summed E-state index contributed by atoms with van der Waals surface area (Å²) in [6.07, 6.45) is 4.23. The summed E-state index contributed by atoms with van der Waals surface area (Å²) < 4.78 is 0. The molecule has 1 aromatic carbocycles. The molecule has 2 N–H and O–H groups in total. The average molecular weight is 412 g/mol. The fraction of sp³-hybridized carbons (Fsp3) is 0.286. The SMILES string of the molecule is CCN(C)C(=O)c1c[nH]c2ncc(-c3cccc(N4CCCNC4=O)c3)c(Cl)c12. The van der Waals surface area contributed by atoms with Crippen LogP contribution in [0.25, 0.3) is 22.2 Å². The summed E-state index contributed by atoms with van der Waals surface area (Å²) in [6.45, 7) is 3.87. The summed E-state index contributed by atoms with van der Waals surface area (Å²) in [5.41, 5.74) is 3.41. The summed E-state index contributed by atoms with van der Waals surface area (Å²) in [7, 11) is 1.75. The lowest BCUT2D eigenvalue weighted by molar-refractivity contribution is 0.0804. The van der Waals surface area contributed by atoms with Crippen molar-refractivity contribution in [3.63, 3.8) is 0 Å².